The van der Waals surface area contributed by atoms with Crippen molar-refractivity contribution in [1.29, 1.82) is 0 Å². The molecule has 1 aromatic carbocycles. The number of fused-ring (bicyclic) bond motifs is 1. The minimum Gasteiger partial charge on any atom is -0.326 e. The summed E-state index contributed by atoms with van der Waals surface area (Å²) in [7, 11) is 0. The molecule has 0 saturated heterocycles. The third-order valence-electron chi connectivity index (χ3n) is 4.07. The van der Waals surface area contributed by atoms with Gasteiger partial charge in [-0.1, -0.05) is 25.8 Å². The Morgan fingerprint density at radius 1 is 1.33 bits per heavy atom. The first-order valence-corrected chi connectivity index (χ1v) is 7.03. The van der Waals surface area contributed by atoms with Crippen molar-refractivity contribution in [3.05, 3.63) is 29.6 Å². The van der Waals surface area contributed by atoms with E-state index in [1.807, 2.05) is 0 Å². The summed E-state index contributed by atoms with van der Waals surface area (Å²) in [4.78, 5) is 4.79. The summed E-state index contributed by atoms with van der Waals surface area (Å²) in [5.41, 5.74) is 9.27. The average molecular weight is 243 g/mol. The van der Waals surface area contributed by atoms with Crippen LogP contribution in [0.3, 0.4) is 0 Å². The first-order valence-electron chi connectivity index (χ1n) is 7.03. The maximum atomic E-state index is 5.71. The van der Waals surface area contributed by atoms with Crippen molar-refractivity contribution < 1.29 is 0 Å². The van der Waals surface area contributed by atoms with Gasteiger partial charge in [0, 0.05) is 19.0 Å². The molecule has 3 heteroatoms. The molecule has 0 unspecified atom stereocenters. The molecule has 0 spiro atoms. The van der Waals surface area contributed by atoms with Gasteiger partial charge in [0.05, 0.1) is 11.0 Å². The molecule has 3 nitrogen and oxygen atoms in total. The van der Waals surface area contributed by atoms with Crippen LogP contribution in [0.1, 0.15) is 50.0 Å². The van der Waals surface area contributed by atoms with E-state index >= 15 is 0 Å². The lowest BCUT2D eigenvalue weighted by Gasteiger charge is -2.15. The molecule has 0 radical (unpaired) electrons. The molecule has 18 heavy (non-hydrogen) atoms. The number of rotatable bonds is 3. The lowest BCUT2D eigenvalue weighted by molar-refractivity contribution is 0.513. The Balaban J connectivity index is 2.15. The van der Waals surface area contributed by atoms with E-state index in [1.54, 1.807) is 0 Å². The van der Waals surface area contributed by atoms with E-state index in [1.165, 1.54) is 42.6 Å². The van der Waals surface area contributed by atoms with Crippen molar-refractivity contribution >= 4 is 11.0 Å². The fraction of sp³-hybridized carbons (Fsp3) is 0.533. The predicted molar refractivity (Wildman–Crippen MR) is 74.5 cm³/mol. The smallest absolute Gasteiger partial charge is 0.109 e. The van der Waals surface area contributed by atoms with Gasteiger partial charge in [0.2, 0.25) is 0 Å². The number of nitrogens with two attached hydrogens (primary N) is 1. The van der Waals surface area contributed by atoms with Gasteiger partial charge >= 0.3 is 0 Å². The molecule has 0 aliphatic heterocycles. The van der Waals surface area contributed by atoms with Gasteiger partial charge in [-0.25, -0.2) is 4.98 Å². The van der Waals surface area contributed by atoms with Gasteiger partial charge in [0.15, 0.2) is 0 Å². The zero-order valence-electron chi connectivity index (χ0n) is 11.0. The lowest BCUT2D eigenvalue weighted by Crippen LogP contribution is -2.08. The Bertz CT molecular complexity index is 550. The molecule has 2 N–H and O–H groups in total. The number of aromatic nitrogens is 2. The Kier molecular flexibility index (Phi) is 3.08. The topological polar surface area (TPSA) is 43.8 Å². The van der Waals surface area contributed by atoms with Gasteiger partial charge in [0.1, 0.15) is 5.82 Å². The second-order valence-electron chi connectivity index (χ2n) is 5.22. The molecule has 0 amide bonds. The summed E-state index contributed by atoms with van der Waals surface area (Å²) >= 11 is 0. The normalized spacial score (nSPS) is 16.8. The highest BCUT2D eigenvalue weighted by molar-refractivity contribution is 5.77. The molecule has 2 aromatic rings. The van der Waals surface area contributed by atoms with Gasteiger partial charge in [-0.05, 0) is 30.5 Å². The summed E-state index contributed by atoms with van der Waals surface area (Å²) in [6, 6.07) is 7.13. The van der Waals surface area contributed by atoms with Gasteiger partial charge in [-0.15, -0.1) is 0 Å². The molecule has 1 saturated carbocycles. The molecule has 1 aromatic heterocycles. The highest BCUT2D eigenvalue weighted by Crippen LogP contribution is 2.33. The van der Waals surface area contributed by atoms with Crippen molar-refractivity contribution in [1.82, 2.24) is 9.55 Å². The van der Waals surface area contributed by atoms with E-state index < -0.39 is 0 Å². The molecule has 1 heterocycles. The highest BCUT2D eigenvalue weighted by Gasteiger charge is 2.21. The second kappa shape index (κ2) is 4.73. The van der Waals surface area contributed by atoms with Crippen molar-refractivity contribution in [2.45, 2.75) is 51.6 Å². The number of hydrogen-bond acceptors (Lipinski definition) is 2. The molecule has 96 valence electrons. The molecule has 0 atom stereocenters. The van der Waals surface area contributed by atoms with Crippen LogP contribution in [0.4, 0.5) is 0 Å². The van der Waals surface area contributed by atoms with Crippen LogP contribution in [-0.4, -0.2) is 9.55 Å². The Morgan fingerprint density at radius 3 is 2.78 bits per heavy atom. The molecule has 1 aliphatic carbocycles. The van der Waals surface area contributed by atoms with E-state index in [0.717, 1.165) is 11.9 Å². The predicted octanol–water partition coefficient (Wildman–Crippen LogP) is 3.17. The fourth-order valence-electron chi connectivity index (χ4n) is 3.14. The van der Waals surface area contributed by atoms with Crippen LogP contribution in [0.25, 0.3) is 11.0 Å². The van der Waals surface area contributed by atoms with Crippen molar-refractivity contribution in [3.63, 3.8) is 0 Å². The maximum absolute atomic E-state index is 5.71. The lowest BCUT2D eigenvalue weighted by atomic mass is 10.2. The Hall–Kier alpha value is -1.35. The van der Waals surface area contributed by atoms with Crippen LogP contribution >= 0.6 is 0 Å². The Labute approximate surface area is 108 Å². The number of imidazole rings is 1. The standard InChI is InChI=1S/C15H21N3/c1-2-15-17-13-9-11(10-16)7-8-14(13)18(15)12-5-3-4-6-12/h7-9,12H,2-6,10,16H2,1H3. The quantitative estimate of drug-likeness (QED) is 0.899. The van der Waals surface area contributed by atoms with E-state index in [0.29, 0.717) is 12.6 Å². The van der Waals surface area contributed by atoms with E-state index in [-0.39, 0.29) is 0 Å². The van der Waals surface area contributed by atoms with Gasteiger partial charge in [-0.2, -0.15) is 0 Å². The van der Waals surface area contributed by atoms with E-state index in [4.69, 9.17) is 10.7 Å². The van der Waals surface area contributed by atoms with Gasteiger partial charge < -0.3 is 10.3 Å². The first kappa shape index (κ1) is 11.7. The fourth-order valence-corrected chi connectivity index (χ4v) is 3.14. The number of nitrogens with zero attached hydrogens (tertiary/aromatic N) is 2. The van der Waals surface area contributed by atoms with Crippen LogP contribution < -0.4 is 5.73 Å². The summed E-state index contributed by atoms with van der Waals surface area (Å²) in [6.45, 7) is 2.78. The zero-order chi connectivity index (χ0) is 12.5. The van der Waals surface area contributed by atoms with Crippen molar-refractivity contribution in [2.75, 3.05) is 0 Å². The van der Waals surface area contributed by atoms with Crippen LogP contribution in [0, 0.1) is 0 Å². The number of aryl methyl sites for hydroxylation is 1. The first-order chi connectivity index (χ1) is 8.83. The molecule has 0 bridgehead atoms. The van der Waals surface area contributed by atoms with Crippen LogP contribution in [-0.2, 0) is 13.0 Å². The van der Waals surface area contributed by atoms with Crippen molar-refractivity contribution in [2.24, 2.45) is 5.73 Å². The summed E-state index contributed by atoms with van der Waals surface area (Å²) in [5, 5.41) is 0. The van der Waals surface area contributed by atoms with Crippen LogP contribution in [0.2, 0.25) is 0 Å². The summed E-state index contributed by atoms with van der Waals surface area (Å²) in [5.74, 6) is 1.23. The van der Waals surface area contributed by atoms with Gasteiger partial charge in [0.25, 0.3) is 0 Å². The third kappa shape index (κ3) is 1.83. The van der Waals surface area contributed by atoms with Crippen molar-refractivity contribution in [3.8, 4) is 0 Å². The van der Waals surface area contributed by atoms with E-state index in [2.05, 4.69) is 29.7 Å². The van der Waals surface area contributed by atoms with E-state index in [9.17, 15) is 0 Å². The second-order valence-corrected chi connectivity index (χ2v) is 5.22. The third-order valence-corrected chi connectivity index (χ3v) is 4.07. The summed E-state index contributed by atoms with van der Waals surface area (Å²) < 4.78 is 2.47. The molecular weight excluding hydrogens is 222 g/mol. The number of benzene rings is 1. The molecule has 1 fully saturated rings. The van der Waals surface area contributed by atoms with Crippen LogP contribution in [0.5, 0.6) is 0 Å². The minimum absolute atomic E-state index is 0.591. The molecule has 1 aliphatic rings. The zero-order valence-corrected chi connectivity index (χ0v) is 11.0. The molecule has 3 rings (SSSR count). The summed E-state index contributed by atoms with van der Waals surface area (Å²) in [6.07, 6.45) is 6.32. The SMILES string of the molecule is CCc1nc2cc(CN)ccc2n1C1CCCC1. The maximum Gasteiger partial charge on any atom is 0.109 e. The Morgan fingerprint density at radius 2 is 2.11 bits per heavy atom. The minimum atomic E-state index is 0.591. The highest BCUT2D eigenvalue weighted by atomic mass is 15.1. The van der Waals surface area contributed by atoms with Crippen LogP contribution in [0.15, 0.2) is 18.2 Å². The average Bonchev–Trinajstić information content (AvgIpc) is 3.03. The number of hydrogen-bond donors (Lipinski definition) is 1. The molecular formula is C15H21N3. The monoisotopic (exact) mass is 243 g/mol. The largest absolute Gasteiger partial charge is 0.326 e. The van der Waals surface area contributed by atoms with Gasteiger partial charge in [-0.3, -0.25) is 0 Å².